The Hall–Kier alpha value is -2.56. The standard InChI is InChI=1S/C17H18N2O3/c1-2-6-13-15-12(9-14(20)18-16(15)21)17(22)19(13)10-11-7-4-3-5-8-11/h3-5,7-9,13H,2,6,10H2,1H3,(H2,18,20,21). The Bertz CT molecular complexity index is 752. The number of carbonyl (C=O) groups excluding carboxylic acids is 1. The van der Waals surface area contributed by atoms with Gasteiger partial charge in [0.1, 0.15) is 0 Å². The lowest BCUT2D eigenvalue weighted by molar-refractivity contribution is 0.0700. The molecular formula is C17H18N2O3. The molecule has 1 atom stereocenters. The molecule has 1 amide bonds. The monoisotopic (exact) mass is 298 g/mol. The number of aromatic hydroxyl groups is 1. The van der Waals surface area contributed by atoms with Crippen LogP contribution in [0.3, 0.4) is 0 Å². The molecule has 2 N–H and O–H groups in total. The molecule has 0 saturated carbocycles. The summed E-state index contributed by atoms with van der Waals surface area (Å²) < 4.78 is 0. The van der Waals surface area contributed by atoms with Crippen molar-refractivity contribution in [1.82, 2.24) is 9.88 Å². The summed E-state index contributed by atoms with van der Waals surface area (Å²) in [4.78, 5) is 28.3. The third kappa shape index (κ3) is 2.39. The van der Waals surface area contributed by atoms with Gasteiger partial charge in [-0.1, -0.05) is 43.7 Å². The Kier molecular flexibility index (Phi) is 3.71. The van der Waals surface area contributed by atoms with Crippen LogP contribution in [0.15, 0.2) is 41.2 Å². The van der Waals surface area contributed by atoms with Crippen molar-refractivity contribution in [1.29, 1.82) is 0 Å². The van der Waals surface area contributed by atoms with E-state index in [1.165, 1.54) is 6.07 Å². The molecule has 0 saturated heterocycles. The molecule has 2 aromatic rings. The second-order valence-electron chi connectivity index (χ2n) is 5.53. The predicted molar refractivity (Wildman–Crippen MR) is 82.7 cm³/mol. The summed E-state index contributed by atoms with van der Waals surface area (Å²) in [6.45, 7) is 2.50. The van der Waals surface area contributed by atoms with Crippen LogP contribution in [0.2, 0.25) is 0 Å². The summed E-state index contributed by atoms with van der Waals surface area (Å²) >= 11 is 0. The lowest BCUT2D eigenvalue weighted by Gasteiger charge is -2.25. The fourth-order valence-corrected chi connectivity index (χ4v) is 3.06. The number of hydrogen-bond donors (Lipinski definition) is 2. The van der Waals surface area contributed by atoms with Crippen LogP contribution < -0.4 is 5.56 Å². The topological polar surface area (TPSA) is 73.4 Å². The van der Waals surface area contributed by atoms with Crippen LogP contribution in [-0.2, 0) is 6.54 Å². The minimum atomic E-state index is -0.457. The zero-order chi connectivity index (χ0) is 15.7. The fraction of sp³-hybridized carbons (Fsp3) is 0.294. The highest BCUT2D eigenvalue weighted by Crippen LogP contribution is 2.40. The van der Waals surface area contributed by atoms with E-state index < -0.39 is 5.56 Å². The number of aromatic nitrogens is 1. The van der Waals surface area contributed by atoms with Crippen molar-refractivity contribution in [3.05, 3.63) is 63.4 Å². The molecule has 2 heterocycles. The zero-order valence-corrected chi connectivity index (χ0v) is 12.4. The molecule has 114 valence electrons. The molecule has 5 heteroatoms. The first-order chi connectivity index (χ1) is 10.6. The normalized spacial score (nSPS) is 16.9. The van der Waals surface area contributed by atoms with Gasteiger partial charge in [-0.3, -0.25) is 14.6 Å². The van der Waals surface area contributed by atoms with E-state index in [4.69, 9.17) is 0 Å². The van der Waals surface area contributed by atoms with Crippen molar-refractivity contribution < 1.29 is 9.90 Å². The number of fused-ring (bicyclic) bond motifs is 1. The largest absolute Gasteiger partial charge is 0.494 e. The van der Waals surface area contributed by atoms with Crippen molar-refractivity contribution in [2.45, 2.75) is 32.4 Å². The Morgan fingerprint density at radius 1 is 1.23 bits per heavy atom. The highest BCUT2D eigenvalue weighted by Gasteiger charge is 2.38. The second-order valence-corrected chi connectivity index (χ2v) is 5.53. The smallest absolute Gasteiger partial charge is 0.255 e. The van der Waals surface area contributed by atoms with Crippen molar-refractivity contribution in [3.8, 4) is 5.88 Å². The third-order valence-corrected chi connectivity index (χ3v) is 4.02. The lowest BCUT2D eigenvalue weighted by Crippen LogP contribution is -2.27. The van der Waals surface area contributed by atoms with Gasteiger partial charge in [-0.25, -0.2) is 0 Å². The number of nitrogens with zero attached hydrogens (tertiary/aromatic N) is 1. The molecule has 5 nitrogen and oxygen atoms in total. The maximum Gasteiger partial charge on any atom is 0.255 e. The lowest BCUT2D eigenvalue weighted by atomic mass is 10.0. The van der Waals surface area contributed by atoms with Gasteiger partial charge >= 0.3 is 0 Å². The summed E-state index contributed by atoms with van der Waals surface area (Å²) in [6, 6.07) is 10.8. The molecule has 3 rings (SSSR count). The molecular weight excluding hydrogens is 280 g/mol. The van der Waals surface area contributed by atoms with E-state index in [0.717, 1.165) is 18.4 Å². The highest BCUT2D eigenvalue weighted by molar-refractivity contribution is 5.99. The average Bonchev–Trinajstić information content (AvgIpc) is 2.75. The molecule has 1 aromatic carbocycles. The van der Waals surface area contributed by atoms with Gasteiger partial charge in [-0.15, -0.1) is 0 Å². The van der Waals surface area contributed by atoms with Gasteiger partial charge in [0.25, 0.3) is 11.5 Å². The van der Waals surface area contributed by atoms with Crippen LogP contribution in [0.25, 0.3) is 0 Å². The minimum Gasteiger partial charge on any atom is -0.494 e. The third-order valence-electron chi connectivity index (χ3n) is 4.02. The Morgan fingerprint density at radius 3 is 2.64 bits per heavy atom. The summed E-state index contributed by atoms with van der Waals surface area (Å²) in [5, 5.41) is 10.1. The molecule has 1 aliphatic heterocycles. The number of hydrogen-bond acceptors (Lipinski definition) is 3. The summed E-state index contributed by atoms with van der Waals surface area (Å²) in [5.41, 5.74) is 1.43. The Morgan fingerprint density at radius 2 is 1.95 bits per heavy atom. The van der Waals surface area contributed by atoms with Gasteiger partial charge in [-0.05, 0) is 12.0 Å². The number of amides is 1. The van der Waals surface area contributed by atoms with E-state index in [0.29, 0.717) is 17.7 Å². The summed E-state index contributed by atoms with van der Waals surface area (Å²) in [5.74, 6) is -0.386. The number of pyridine rings is 1. The van der Waals surface area contributed by atoms with Crippen LogP contribution in [0.1, 0.15) is 47.3 Å². The van der Waals surface area contributed by atoms with Crippen LogP contribution in [0, 0.1) is 0 Å². The van der Waals surface area contributed by atoms with Crippen LogP contribution in [0.4, 0.5) is 0 Å². The van der Waals surface area contributed by atoms with E-state index in [-0.39, 0.29) is 17.8 Å². The van der Waals surface area contributed by atoms with Crippen molar-refractivity contribution in [2.75, 3.05) is 0 Å². The SMILES string of the molecule is CCCC1c2c(cc(=O)[nH]c2O)C(=O)N1Cc1ccccc1. The molecule has 0 aliphatic carbocycles. The first-order valence-electron chi connectivity index (χ1n) is 7.43. The molecule has 0 spiro atoms. The molecule has 1 aliphatic rings. The Balaban J connectivity index is 2.02. The first kappa shape index (κ1) is 14.4. The Labute approximate surface area is 128 Å². The molecule has 0 bridgehead atoms. The van der Waals surface area contributed by atoms with Crippen LogP contribution in [-0.4, -0.2) is 20.9 Å². The van der Waals surface area contributed by atoms with E-state index in [1.807, 2.05) is 37.3 Å². The van der Waals surface area contributed by atoms with Gasteiger partial charge in [0.15, 0.2) is 5.88 Å². The maximum absolute atomic E-state index is 12.7. The van der Waals surface area contributed by atoms with E-state index in [2.05, 4.69) is 4.98 Å². The predicted octanol–water partition coefficient (Wildman–Crippen LogP) is 2.58. The van der Waals surface area contributed by atoms with E-state index in [9.17, 15) is 14.7 Å². The van der Waals surface area contributed by atoms with Crippen molar-refractivity contribution in [3.63, 3.8) is 0 Å². The molecule has 22 heavy (non-hydrogen) atoms. The fourth-order valence-electron chi connectivity index (χ4n) is 3.06. The average molecular weight is 298 g/mol. The first-order valence-corrected chi connectivity index (χ1v) is 7.43. The van der Waals surface area contributed by atoms with Crippen molar-refractivity contribution >= 4 is 5.91 Å². The van der Waals surface area contributed by atoms with Crippen LogP contribution in [0.5, 0.6) is 5.88 Å². The number of aromatic amines is 1. The van der Waals surface area contributed by atoms with Gasteiger partial charge in [0, 0.05) is 18.2 Å². The number of rotatable bonds is 4. The maximum atomic E-state index is 12.7. The number of H-pyrrole nitrogens is 1. The molecule has 0 fully saturated rings. The molecule has 0 radical (unpaired) electrons. The van der Waals surface area contributed by atoms with E-state index >= 15 is 0 Å². The highest BCUT2D eigenvalue weighted by atomic mass is 16.3. The van der Waals surface area contributed by atoms with Crippen LogP contribution >= 0.6 is 0 Å². The number of carbonyl (C=O) groups is 1. The number of nitrogens with one attached hydrogen (secondary N) is 1. The van der Waals surface area contributed by atoms with Gasteiger partial charge in [0.05, 0.1) is 11.6 Å². The molecule has 1 unspecified atom stereocenters. The quantitative estimate of drug-likeness (QED) is 0.911. The summed E-state index contributed by atoms with van der Waals surface area (Å²) in [7, 11) is 0. The van der Waals surface area contributed by atoms with Gasteiger partial charge in [0.2, 0.25) is 0 Å². The number of benzene rings is 1. The van der Waals surface area contributed by atoms with Crippen molar-refractivity contribution in [2.24, 2.45) is 0 Å². The zero-order valence-electron chi connectivity index (χ0n) is 12.4. The molecule has 1 aromatic heterocycles. The van der Waals surface area contributed by atoms with E-state index in [1.54, 1.807) is 4.90 Å². The van der Waals surface area contributed by atoms with Gasteiger partial charge < -0.3 is 10.0 Å². The summed E-state index contributed by atoms with van der Waals surface area (Å²) in [6.07, 6.45) is 1.62. The minimum absolute atomic E-state index is 0.190. The second kappa shape index (κ2) is 5.67. The van der Waals surface area contributed by atoms with Gasteiger partial charge in [-0.2, -0.15) is 0 Å².